The van der Waals surface area contributed by atoms with Crippen molar-refractivity contribution in [3.05, 3.63) is 23.3 Å². The van der Waals surface area contributed by atoms with Gasteiger partial charge in [-0.05, 0) is 62.8 Å². The van der Waals surface area contributed by atoms with Crippen molar-refractivity contribution >= 4 is 17.7 Å². The summed E-state index contributed by atoms with van der Waals surface area (Å²) < 4.78 is 16.4. The third-order valence-electron chi connectivity index (χ3n) is 5.22. The van der Waals surface area contributed by atoms with E-state index in [0.29, 0.717) is 26.2 Å². The lowest BCUT2D eigenvalue weighted by Gasteiger charge is -2.31. The molecule has 0 radical (unpaired) electrons. The van der Waals surface area contributed by atoms with Crippen molar-refractivity contribution in [1.29, 1.82) is 0 Å². The zero-order chi connectivity index (χ0) is 21.2. The summed E-state index contributed by atoms with van der Waals surface area (Å²) in [5.74, 6) is 0.826. The van der Waals surface area contributed by atoms with Crippen LogP contribution in [0.1, 0.15) is 51.2 Å². The number of ether oxygens (including phenoxy) is 3. The normalized spacial score (nSPS) is 19.2. The van der Waals surface area contributed by atoms with E-state index in [0.717, 1.165) is 35.4 Å². The first-order valence-electron chi connectivity index (χ1n) is 10.3. The van der Waals surface area contributed by atoms with Crippen LogP contribution in [0.4, 0.5) is 10.5 Å². The van der Waals surface area contributed by atoms with Gasteiger partial charge in [0.05, 0.1) is 5.69 Å². The Morgan fingerprint density at radius 1 is 1.31 bits per heavy atom. The monoisotopic (exact) mass is 404 g/mol. The number of hydrogen-bond donors (Lipinski definition) is 0. The Kier molecular flexibility index (Phi) is 6.36. The summed E-state index contributed by atoms with van der Waals surface area (Å²) >= 11 is 0. The lowest BCUT2D eigenvalue weighted by molar-refractivity contribution is -0.121. The van der Waals surface area contributed by atoms with Gasteiger partial charge in [0.2, 0.25) is 0 Å². The molecule has 2 heterocycles. The van der Waals surface area contributed by atoms with Crippen molar-refractivity contribution in [2.45, 2.75) is 52.1 Å². The zero-order valence-corrected chi connectivity index (χ0v) is 18.1. The van der Waals surface area contributed by atoms with E-state index < -0.39 is 5.60 Å². The lowest BCUT2D eigenvalue weighted by Crippen LogP contribution is -2.40. The van der Waals surface area contributed by atoms with Crippen LogP contribution in [0.25, 0.3) is 0 Å². The number of carbonyl (C=O) groups is 2. The topological polar surface area (TPSA) is 68.3 Å². The molecule has 3 rings (SSSR count). The van der Waals surface area contributed by atoms with Crippen molar-refractivity contribution in [3.63, 3.8) is 0 Å². The molecule has 1 atom stereocenters. The molecule has 2 aliphatic heterocycles. The molecule has 0 bridgehead atoms. The Labute approximate surface area is 172 Å². The van der Waals surface area contributed by atoms with Gasteiger partial charge in [-0.2, -0.15) is 0 Å². The summed E-state index contributed by atoms with van der Waals surface area (Å²) in [5.41, 5.74) is 2.61. The molecule has 160 valence electrons. The van der Waals surface area contributed by atoms with Crippen molar-refractivity contribution < 1.29 is 23.8 Å². The van der Waals surface area contributed by atoms with Gasteiger partial charge >= 0.3 is 6.09 Å². The number of anilines is 1. The second-order valence-electron chi connectivity index (χ2n) is 8.78. The van der Waals surface area contributed by atoms with Crippen molar-refractivity contribution in [3.8, 4) is 5.75 Å². The molecule has 0 saturated carbocycles. The van der Waals surface area contributed by atoms with Crippen molar-refractivity contribution in [1.82, 2.24) is 4.90 Å². The first kappa shape index (κ1) is 21.4. The second-order valence-corrected chi connectivity index (χ2v) is 8.78. The minimum atomic E-state index is -0.518. The quantitative estimate of drug-likeness (QED) is 0.720. The highest BCUT2D eigenvalue weighted by atomic mass is 16.6. The largest absolute Gasteiger partial charge is 0.482 e. The molecular formula is C22H32N2O5. The van der Waals surface area contributed by atoms with Crippen LogP contribution in [0.15, 0.2) is 12.1 Å². The molecule has 7 nitrogen and oxygen atoms in total. The molecular weight excluding hydrogens is 372 g/mol. The van der Waals surface area contributed by atoms with Crippen molar-refractivity contribution in [2.24, 2.45) is 0 Å². The van der Waals surface area contributed by atoms with E-state index in [-0.39, 0.29) is 24.5 Å². The molecule has 0 N–H and O–H groups in total. The van der Waals surface area contributed by atoms with Crippen LogP contribution in [0.5, 0.6) is 5.75 Å². The SMILES string of the molecule is COCCCN1C(=O)COc2cc3c(cc21)C(C)CN(C(=O)OC(C)(C)C)CC3. The van der Waals surface area contributed by atoms with Crippen LogP contribution in [0.2, 0.25) is 0 Å². The fourth-order valence-electron chi connectivity index (χ4n) is 3.86. The second kappa shape index (κ2) is 8.61. The highest BCUT2D eigenvalue weighted by Crippen LogP contribution is 2.39. The number of amides is 2. The standard InChI is InChI=1S/C22H32N2O5/c1-15-13-23(21(26)29-22(2,3)4)9-7-16-11-19-18(12-17(15)16)24(8-6-10-27-5)20(25)14-28-19/h11-12,15H,6-10,13-14H2,1-5H3. The van der Waals surface area contributed by atoms with Gasteiger partial charge in [-0.1, -0.05) is 6.92 Å². The lowest BCUT2D eigenvalue weighted by atomic mass is 9.93. The Balaban J connectivity index is 1.84. The Morgan fingerprint density at radius 2 is 2.07 bits per heavy atom. The summed E-state index contributed by atoms with van der Waals surface area (Å²) in [6.45, 7) is 10.2. The van der Waals surface area contributed by atoms with E-state index in [4.69, 9.17) is 14.2 Å². The molecule has 0 aromatic heterocycles. The van der Waals surface area contributed by atoms with Gasteiger partial charge in [-0.15, -0.1) is 0 Å². The van der Waals surface area contributed by atoms with E-state index in [1.54, 1.807) is 16.9 Å². The predicted octanol–water partition coefficient (Wildman–Crippen LogP) is 3.35. The molecule has 1 aromatic carbocycles. The van der Waals surface area contributed by atoms with Crippen LogP contribution in [-0.2, 0) is 20.7 Å². The third kappa shape index (κ3) is 5.01. The number of hydrogen-bond acceptors (Lipinski definition) is 5. The highest BCUT2D eigenvalue weighted by molar-refractivity contribution is 5.98. The van der Waals surface area contributed by atoms with Gasteiger partial charge in [0.1, 0.15) is 11.4 Å². The Bertz CT molecular complexity index is 771. The first-order valence-corrected chi connectivity index (χ1v) is 10.3. The summed E-state index contributed by atoms with van der Waals surface area (Å²) in [6, 6.07) is 4.10. The molecule has 0 saturated heterocycles. The molecule has 1 aromatic rings. The molecule has 0 fully saturated rings. The van der Waals surface area contributed by atoms with Gasteiger partial charge in [-0.3, -0.25) is 4.79 Å². The fraction of sp³-hybridized carbons (Fsp3) is 0.636. The maximum atomic E-state index is 12.6. The average molecular weight is 405 g/mol. The van der Waals surface area contributed by atoms with Gasteiger partial charge in [-0.25, -0.2) is 4.79 Å². The fourth-order valence-corrected chi connectivity index (χ4v) is 3.86. The molecule has 29 heavy (non-hydrogen) atoms. The van der Waals surface area contributed by atoms with Gasteiger partial charge in [0, 0.05) is 33.4 Å². The van der Waals surface area contributed by atoms with E-state index in [2.05, 4.69) is 13.0 Å². The number of nitrogens with zero attached hydrogens (tertiary/aromatic N) is 2. The number of carbonyl (C=O) groups excluding carboxylic acids is 2. The number of fused-ring (bicyclic) bond motifs is 2. The highest BCUT2D eigenvalue weighted by Gasteiger charge is 2.31. The van der Waals surface area contributed by atoms with Gasteiger partial charge in [0.15, 0.2) is 6.61 Å². The molecule has 2 amide bonds. The number of rotatable bonds is 4. The summed E-state index contributed by atoms with van der Waals surface area (Å²) in [7, 11) is 1.66. The molecule has 0 spiro atoms. The maximum absolute atomic E-state index is 12.6. The van der Waals surface area contributed by atoms with Gasteiger partial charge in [0.25, 0.3) is 5.91 Å². The number of methoxy groups -OCH3 is 1. The van der Waals surface area contributed by atoms with Crippen LogP contribution < -0.4 is 9.64 Å². The van der Waals surface area contributed by atoms with Crippen LogP contribution in [-0.4, -0.2) is 62.5 Å². The van der Waals surface area contributed by atoms with E-state index in [1.807, 2.05) is 26.8 Å². The summed E-state index contributed by atoms with van der Waals surface area (Å²) in [4.78, 5) is 28.6. The van der Waals surface area contributed by atoms with Crippen LogP contribution in [0.3, 0.4) is 0 Å². The van der Waals surface area contributed by atoms with Crippen LogP contribution >= 0.6 is 0 Å². The smallest absolute Gasteiger partial charge is 0.410 e. The number of benzene rings is 1. The molecule has 0 aliphatic carbocycles. The zero-order valence-electron chi connectivity index (χ0n) is 18.1. The first-order chi connectivity index (χ1) is 13.7. The average Bonchev–Trinajstić information content (AvgIpc) is 2.80. The van der Waals surface area contributed by atoms with E-state index >= 15 is 0 Å². The summed E-state index contributed by atoms with van der Waals surface area (Å²) in [5, 5.41) is 0. The van der Waals surface area contributed by atoms with E-state index in [1.165, 1.54) is 0 Å². The Hall–Kier alpha value is -2.28. The predicted molar refractivity (Wildman–Crippen MR) is 111 cm³/mol. The van der Waals surface area contributed by atoms with Crippen LogP contribution in [0, 0.1) is 0 Å². The third-order valence-corrected chi connectivity index (χ3v) is 5.22. The summed E-state index contributed by atoms with van der Waals surface area (Å²) in [6.07, 6.45) is 1.21. The van der Waals surface area contributed by atoms with Gasteiger partial charge < -0.3 is 24.0 Å². The van der Waals surface area contributed by atoms with Crippen molar-refractivity contribution in [2.75, 3.05) is 44.9 Å². The minimum Gasteiger partial charge on any atom is -0.482 e. The Morgan fingerprint density at radius 3 is 2.76 bits per heavy atom. The minimum absolute atomic E-state index is 0.0368. The molecule has 1 unspecified atom stereocenters. The molecule has 2 aliphatic rings. The maximum Gasteiger partial charge on any atom is 0.410 e. The molecule has 7 heteroatoms. The van der Waals surface area contributed by atoms with E-state index in [9.17, 15) is 9.59 Å².